The molecule has 0 aliphatic carbocycles. The molecule has 0 radical (unpaired) electrons. The molecule has 0 atom stereocenters. The van der Waals surface area contributed by atoms with E-state index in [1.165, 1.54) is 0 Å². The molecule has 4 heteroatoms. The predicted octanol–water partition coefficient (Wildman–Crippen LogP) is 1.98. The molecule has 1 heterocycles. The van der Waals surface area contributed by atoms with Crippen LogP contribution in [0, 0.1) is 0 Å². The first-order valence-electron chi connectivity index (χ1n) is 5.72. The highest BCUT2D eigenvalue weighted by Crippen LogP contribution is 2.21. The minimum Gasteiger partial charge on any atom is -0.497 e. The highest BCUT2D eigenvalue weighted by Gasteiger charge is 2.04. The van der Waals surface area contributed by atoms with Crippen molar-refractivity contribution in [2.24, 2.45) is 5.73 Å². The molecule has 0 unspecified atom stereocenters. The van der Waals surface area contributed by atoms with Gasteiger partial charge in [-0.2, -0.15) is 0 Å². The van der Waals surface area contributed by atoms with E-state index in [9.17, 15) is 0 Å². The molecule has 4 nitrogen and oxygen atoms in total. The summed E-state index contributed by atoms with van der Waals surface area (Å²) in [4.78, 5) is 7.66. The Morgan fingerprint density at radius 3 is 3.06 bits per heavy atom. The smallest absolute Gasteiger partial charge is 0.137 e. The second-order valence-corrected chi connectivity index (χ2v) is 3.88. The molecule has 3 N–H and O–H groups in total. The van der Waals surface area contributed by atoms with Crippen molar-refractivity contribution in [1.82, 2.24) is 9.97 Å². The first kappa shape index (κ1) is 11.7. The number of ether oxygens (including phenoxy) is 1. The lowest BCUT2D eigenvalue weighted by molar-refractivity contribution is 0.415. The first-order chi connectivity index (χ1) is 8.33. The summed E-state index contributed by atoms with van der Waals surface area (Å²) in [6.45, 7) is 0.702. The van der Waals surface area contributed by atoms with Crippen molar-refractivity contribution in [3.8, 4) is 17.1 Å². The summed E-state index contributed by atoms with van der Waals surface area (Å²) < 4.78 is 5.19. The Balaban J connectivity index is 2.18. The van der Waals surface area contributed by atoms with Gasteiger partial charge in [0, 0.05) is 17.5 Å². The number of aromatic nitrogens is 2. The van der Waals surface area contributed by atoms with Crippen molar-refractivity contribution >= 4 is 0 Å². The van der Waals surface area contributed by atoms with Gasteiger partial charge in [-0.05, 0) is 31.5 Å². The first-order valence-corrected chi connectivity index (χ1v) is 5.72. The van der Waals surface area contributed by atoms with Crippen molar-refractivity contribution in [2.75, 3.05) is 13.7 Å². The van der Waals surface area contributed by atoms with Crippen LogP contribution in [0.3, 0.4) is 0 Å². The number of H-pyrrole nitrogens is 1. The van der Waals surface area contributed by atoms with Crippen molar-refractivity contribution < 1.29 is 4.74 Å². The van der Waals surface area contributed by atoms with Gasteiger partial charge in [0.15, 0.2) is 0 Å². The largest absolute Gasteiger partial charge is 0.497 e. The summed E-state index contributed by atoms with van der Waals surface area (Å²) in [5.74, 6) is 1.71. The van der Waals surface area contributed by atoms with E-state index < -0.39 is 0 Å². The molecule has 0 spiro atoms. The second kappa shape index (κ2) is 5.50. The Kier molecular flexibility index (Phi) is 3.77. The van der Waals surface area contributed by atoms with Crippen LogP contribution in [0.4, 0.5) is 0 Å². The van der Waals surface area contributed by atoms with Crippen LogP contribution in [0.5, 0.6) is 5.75 Å². The highest BCUT2D eigenvalue weighted by atomic mass is 16.5. The molecule has 0 fully saturated rings. The number of benzene rings is 1. The lowest BCUT2D eigenvalue weighted by atomic mass is 10.2. The predicted molar refractivity (Wildman–Crippen MR) is 68.0 cm³/mol. The van der Waals surface area contributed by atoms with Crippen molar-refractivity contribution in [1.29, 1.82) is 0 Å². The van der Waals surface area contributed by atoms with Crippen molar-refractivity contribution in [3.05, 3.63) is 36.2 Å². The number of nitrogens with zero attached hydrogens (tertiary/aromatic N) is 1. The SMILES string of the molecule is COc1cccc(-c2ncc(CCCN)[nH]2)c1. The summed E-state index contributed by atoms with van der Waals surface area (Å²) in [5, 5.41) is 0. The quantitative estimate of drug-likeness (QED) is 0.827. The van der Waals surface area contributed by atoms with Crippen LogP contribution in [-0.2, 0) is 6.42 Å². The fourth-order valence-electron chi connectivity index (χ4n) is 1.70. The summed E-state index contributed by atoms with van der Waals surface area (Å²) >= 11 is 0. The lowest BCUT2D eigenvalue weighted by Crippen LogP contribution is -2.00. The third kappa shape index (κ3) is 2.85. The number of nitrogens with one attached hydrogen (secondary N) is 1. The van der Waals surface area contributed by atoms with Crippen molar-refractivity contribution in [2.45, 2.75) is 12.8 Å². The minimum atomic E-state index is 0.702. The van der Waals surface area contributed by atoms with Gasteiger partial charge in [-0.15, -0.1) is 0 Å². The topological polar surface area (TPSA) is 63.9 Å². The van der Waals surface area contributed by atoms with Gasteiger partial charge in [-0.3, -0.25) is 0 Å². The molecule has 1 aromatic carbocycles. The summed E-state index contributed by atoms with van der Waals surface area (Å²) in [7, 11) is 1.66. The Morgan fingerprint density at radius 1 is 1.41 bits per heavy atom. The van der Waals surface area contributed by atoms with E-state index in [2.05, 4.69) is 9.97 Å². The maximum atomic E-state index is 5.48. The van der Waals surface area contributed by atoms with Gasteiger partial charge >= 0.3 is 0 Å². The Morgan fingerprint density at radius 2 is 2.29 bits per heavy atom. The standard InChI is InChI=1S/C13H17N3O/c1-17-12-6-2-4-10(8-12)13-15-9-11(16-13)5-3-7-14/h2,4,6,8-9H,3,5,7,14H2,1H3,(H,15,16). The third-order valence-corrected chi connectivity index (χ3v) is 2.62. The number of methoxy groups -OCH3 is 1. The number of aromatic amines is 1. The fourth-order valence-corrected chi connectivity index (χ4v) is 1.70. The average molecular weight is 231 g/mol. The van der Waals surface area contributed by atoms with Gasteiger partial charge in [0.25, 0.3) is 0 Å². The average Bonchev–Trinajstić information content (AvgIpc) is 2.85. The number of hydrogen-bond acceptors (Lipinski definition) is 3. The second-order valence-electron chi connectivity index (χ2n) is 3.88. The van der Waals surface area contributed by atoms with Crippen molar-refractivity contribution in [3.63, 3.8) is 0 Å². The maximum absolute atomic E-state index is 5.48. The van der Waals surface area contributed by atoms with Gasteiger partial charge in [-0.1, -0.05) is 12.1 Å². The molecule has 17 heavy (non-hydrogen) atoms. The van der Waals surface area contributed by atoms with Gasteiger partial charge in [0.1, 0.15) is 11.6 Å². The summed E-state index contributed by atoms with van der Waals surface area (Å²) in [6.07, 6.45) is 3.78. The number of imidazole rings is 1. The molecular formula is C13H17N3O. The molecule has 0 bridgehead atoms. The number of rotatable bonds is 5. The third-order valence-electron chi connectivity index (χ3n) is 2.62. The molecule has 1 aromatic heterocycles. The fraction of sp³-hybridized carbons (Fsp3) is 0.308. The van der Waals surface area contributed by atoms with E-state index in [4.69, 9.17) is 10.5 Å². The maximum Gasteiger partial charge on any atom is 0.137 e. The van der Waals surface area contributed by atoms with E-state index in [-0.39, 0.29) is 0 Å². The molecule has 0 saturated heterocycles. The van der Waals surface area contributed by atoms with Gasteiger partial charge in [-0.25, -0.2) is 4.98 Å². The molecule has 0 amide bonds. The number of nitrogens with two attached hydrogens (primary N) is 1. The van der Waals surface area contributed by atoms with Crippen LogP contribution >= 0.6 is 0 Å². The van der Waals surface area contributed by atoms with Gasteiger partial charge in [0.2, 0.25) is 0 Å². The molecule has 2 aromatic rings. The lowest BCUT2D eigenvalue weighted by Gasteiger charge is -2.01. The Hall–Kier alpha value is -1.81. The Labute approximate surface area is 101 Å². The minimum absolute atomic E-state index is 0.702. The van der Waals surface area contributed by atoms with E-state index in [1.54, 1.807) is 7.11 Å². The van der Waals surface area contributed by atoms with E-state index in [1.807, 2.05) is 30.5 Å². The van der Waals surface area contributed by atoms with Crippen LogP contribution in [0.25, 0.3) is 11.4 Å². The molecule has 90 valence electrons. The zero-order valence-electron chi connectivity index (χ0n) is 9.94. The normalized spacial score (nSPS) is 10.5. The Bertz CT molecular complexity index is 479. The number of aryl methyl sites for hydroxylation is 1. The van der Waals surface area contributed by atoms with E-state index in [0.29, 0.717) is 6.54 Å². The monoisotopic (exact) mass is 231 g/mol. The summed E-state index contributed by atoms with van der Waals surface area (Å²) in [5.41, 5.74) is 7.63. The summed E-state index contributed by atoms with van der Waals surface area (Å²) in [6, 6.07) is 7.84. The van der Waals surface area contributed by atoms with E-state index >= 15 is 0 Å². The van der Waals surface area contributed by atoms with Gasteiger partial charge < -0.3 is 15.5 Å². The molecule has 0 aliphatic heterocycles. The molecular weight excluding hydrogens is 214 g/mol. The van der Waals surface area contributed by atoms with E-state index in [0.717, 1.165) is 35.7 Å². The van der Waals surface area contributed by atoms with Crippen LogP contribution in [0.15, 0.2) is 30.5 Å². The van der Waals surface area contributed by atoms with Crippen LogP contribution < -0.4 is 10.5 Å². The zero-order valence-corrected chi connectivity index (χ0v) is 9.94. The zero-order chi connectivity index (χ0) is 12.1. The highest BCUT2D eigenvalue weighted by molar-refractivity contribution is 5.57. The van der Waals surface area contributed by atoms with Crippen LogP contribution in [0.2, 0.25) is 0 Å². The van der Waals surface area contributed by atoms with Crippen LogP contribution in [-0.4, -0.2) is 23.6 Å². The van der Waals surface area contributed by atoms with Crippen LogP contribution in [0.1, 0.15) is 12.1 Å². The molecule has 0 aliphatic rings. The van der Waals surface area contributed by atoms with Gasteiger partial charge in [0.05, 0.1) is 7.11 Å². The molecule has 2 rings (SSSR count). The molecule has 0 saturated carbocycles. The number of hydrogen-bond donors (Lipinski definition) is 2.